The minimum atomic E-state index is -0.808. The first-order valence-corrected chi connectivity index (χ1v) is 16.3. The molecule has 3 aromatic rings. The maximum atomic E-state index is 15.0. The third kappa shape index (κ3) is 4.74. The lowest BCUT2D eigenvalue weighted by Gasteiger charge is -2.35. The second kappa shape index (κ2) is 10.5. The van der Waals surface area contributed by atoms with Gasteiger partial charge in [0, 0.05) is 54.7 Å². The Labute approximate surface area is 251 Å². The van der Waals surface area contributed by atoms with E-state index in [1.807, 2.05) is 6.92 Å². The third-order valence-corrected chi connectivity index (χ3v) is 11.0. The van der Waals surface area contributed by atoms with Crippen LogP contribution in [-0.2, 0) is 19.4 Å². The number of nitrogens with one attached hydrogen (secondary N) is 1. The zero-order valence-electron chi connectivity index (χ0n) is 24.9. The Balaban J connectivity index is 1.16. The number of phenolic OH excluding ortho intramolecular Hbond substituents is 1. The third-order valence-electron chi connectivity index (χ3n) is 11.0. The SMILES string of the molecule is CCc1c(F)ccc2cc(O)cc(N3CCc4c(nc(OC[C@@]56CCCN5C[C@@H](F)C6)nc4[C@H]4C[C@H]5CC[C@@H](C4)N5)C3)c12. The molecular formula is C34H41F2N5O2. The quantitative estimate of drug-likeness (QED) is 0.391. The molecule has 1 aromatic heterocycles. The van der Waals surface area contributed by atoms with Gasteiger partial charge in [-0.05, 0) is 86.6 Å². The molecule has 7 nitrogen and oxygen atoms in total. The molecule has 0 unspecified atom stereocenters. The molecule has 5 aliphatic heterocycles. The van der Waals surface area contributed by atoms with Crippen LogP contribution in [0.1, 0.15) is 80.3 Å². The summed E-state index contributed by atoms with van der Waals surface area (Å²) in [5.41, 5.74) is 4.51. The van der Waals surface area contributed by atoms with E-state index in [2.05, 4.69) is 15.1 Å². The van der Waals surface area contributed by atoms with Crippen LogP contribution in [-0.4, -0.2) is 70.0 Å². The number of fused-ring (bicyclic) bond motifs is 5. The van der Waals surface area contributed by atoms with Crippen LogP contribution in [0.25, 0.3) is 10.8 Å². The highest BCUT2D eigenvalue weighted by Crippen LogP contribution is 2.43. The van der Waals surface area contributed by atoms with E-state index in [0.29, 0.717) is 62.1 Å². The standard InChI is InChI=1S/C34H41F2N5O2/c1-2-26-28(36)7-4-20-14-25(42)15-30(31(20)26)40-11-8-27-29(18-40)38-33(39-32(27)21-12-23-5-6-24(13-21)37-23)43-19-34-9-3-10-41(34)17-22(35)16-34/h4,7,14-15,21-24,37,42H,2-3,5-6,8-13,16-19H2,1H3/t21-,22-,23+,24-,34-/m0/s1. The van der Waals surface area contributed by atoms with Crippen LogP contribution in [0.5, 0.6) is 11.8 Å². The highest BCUT2D eigenvalue weighted by atomic mass is 19.1. The number of halogens is 2. The zero-order valence-corrected chi connectivity index (χ0v) is 24.9. The largest absolute Gasteiger partial charge is 0.508 e. The van der Waals surface area contributed by atoms with Crippen molar-refractivity contribution in [3.63, 3.8) is 0 Å². The lowest BCUT2D eigenvalue weighted by molar-refractivity contribution is 0.106. The molecule has 0 spiro atoms. The van der Waals surface area contributed by atoms with Crippen molar-refractivity contribution < 1.29 is 18.6 Å². The first kappa shape index (κ1) is 27.5. The Hall–Kier alpha value is -3.04. The summed E-state index contributed by atoms with van der Waals surface area (Å²) in [6, 6.07) is 8.17. The van der Waals surface area contributed by atoms with E-state index >= 15 is 0 Å². The summed E-state index contributed by atoms with van der Waals surface area (Å²) < 4.78 is 35.9. The van der Waals surface area contributed by atoms with Crippen molar-refractivity contribution in [1.82, 2.24) is 20.2 Å². The number of aryl methyl sites for hydroxylation is 1. The van der Waals surface area contributed by atoms with E-state index < -0.39 is 6.17 Å². The first-order valence-electron chi connectivity index (χ1n) is 16.3. The van der Waals surface area contributed by atoms with E-state index in [0.717, 1.165) is 73.0 Å². The number of anilines is 1. The molecule has 228 valence electrons. The number of benzene rings is 2. The van der Waals surface area contributed by atoms with Crippen molar-refractivity contribution in [3.05, 3.63) is 52.6 Å². The molecule has 8 rings (SSSR count). The van der Waals surface area contributed by atoms with Gasteiger partial charge in [-0.25, -0.2) is 8.78 Å². The molecule has 9 heteroatoms. The van der Waals surface area contributed by atoms with Gasteiger partial charge in [0.1, 0.15) is 24.3 Å². The van der Waals surface area contributed by atoms with Crippen molar-refractivity contribution in [2.24, 2.45) is 0 Å². The Morgan fingerprint density at radius 3 is 2.79 bits per heavy atom. The number of rotatable bonds is 6. The molecule has 43 heavy (non-hydrogen) atoms. The first-order chi connectivity index (χ1) is 20.9. The minimum absolute atomic E-state index is 0.169. The fraction of sp³-hybridized carbons (Fsp3) is 0.588. The maximum absolute atomic E-state index is 15.0. The smallest absolute Gasteiger partial charge is 0.316 e. The van der Waals surface area contributed by atoms with Gasteiger partial charge in [-0.3, -0.25) is 4.90 Å². The summed E-state index contributed by atoms with van der Waals surface area (Å²) in [5, 5.41) is 16.1. The van der Waals surface area contributed by atoms with Crippen LogP contribution < -0.4 is 15.0 Å². The number of aromatic hydroxyl groups is 1. The fourth-order valence-corrected chi connectivity index (χ4v) is 9.04. The van der Waals surface area contributed by atoms with Crippen molar-refractivity contribution in [3.8, 4) is 11.8 Å². The number of hydrogen-bond donors (Lipinski definition) is 2. The molecule has 6 heterocycles. The number of aromatic nitrogens is 2. The topological polar surface area (TPSA) is 73.8 Å². The van der Waals surface area contributed by atoms with E-state index in [4.69, 9.17) is 14.7 Å². The second-order valence-electron chi connectivity index (χ2n) is 13.6. The number of alkyl halides is 1. The average molecular weight is 590 g/mol. The summed E-state index contributed by atoms with van der Waals surface area (Å²) >= 11 is 0. The maximum Gasteiger partial charge on any atom is 0.316 e. The summed E-state index contributed by atoms with van der Waals surface area (Å²) in [6.45, 7) is 5.05. The van der Waals surface area contributed by atoms with Gasteiger partial charge in [0.25, 0.3) is 0 Å². The molecule has 0 radical (unpaired) electrons. The number of ether oxygens (including phenoxy) is 1. The van der Waals surface area contributed by atoms with Gasteiger partial charge in [-0.2, -0.15) is 9.97 Å². The zero-order chi connectivity index (χ0) is 29.3. The minimum Gasteiger partial charge on any atom is -0.508 e. The molecule has 0 saturated carbocycles. The van der Waals surface area contributed by atoms with Crippen LogP contribution in [0.2, 0.25) is 0 Å². The van der Waals surface area contributed by atoms with Crippen LogP contribution >= 0.6 is 0 Å². The Kier molecular flexibility index (Phi) is 6.75. The number of nitrogens with zero attached hydrogens (tertiary/aromatic N) is 4. The summed E-state index contributed by atoms with van der Waals surface area (Å²) in [7, 11) is 0. The van der Waals surface area contributed by atoms with Crippen LogP contribution in [0.4, 0.5) is 14.5 Å². The van der Waals surface area contributed by atoms with Crippen molar-refractivity contribution in [1.29, 1.82) is 0 Å². The predicted molar refractivity (Wildman–Crippen MR) is 162 cm³/mol. The number of hydrogen-bond acceptors (Lipinski definition) is 7. The lowest BCUT2D eigenvalue weighted by Crippen LogP contribution is -2.43. The van der Waals surface area contributed by atoms with Gasteiger partial charge in [0.05, 0.1) is 23.5 Å². The van der Waals surface area contributed by atoms with Gasteiger partial charge < -0.3 is 20.1 Å². The lowest BCUT2D eigenvalue weighted by atomic mass is 9.85. The Bertz CT molecular complexity index is 1560. The van der Waals surface area contributed by atoms with Crippen molar-refractivity contribution >= 4 is 16.5 Å². The van der Waals surface area contributed by atoms with Gasteiger partial charge in [-0.1, -0.05) is 13.0 Å². The molecule has 2 aromatic carbocycles. The van der Waals surface area contributed by atoms with Crippen LogP contribution in [0.3, 0.4) is 0 Å². The average Bonchev–Trinajstić information content (AvgIpc) is 3.65. The molecule has 5 atom stereocenters. The monoisotopic (exact) mass is 589 g/mol. The predicted octanol–water partition coefficient (Wildman–Crippen LogP) is 5.55. The molecule has 4 saturated heterocycles. The van der Waals surface area contributed by atoms with E-state index in [9.17, 15) is 13.9 Å². The van der Waals surface area contributed by atoms with Gasteiger partial charge in [-0.15, -0.1) is 0 Å². The summed E-state index contributed by atoms with van der Waals surface area (Å²) in [5.74, 6) is 0.306. The number of piperidine rings is 1. The molecule has 2 bridgehead atoms. The van der Waals surface area contributed by atoms with Gasteiger partial charge in [0.2, 0.25) is 0 Å². The van der Waals surface area contributed by atoms with Crippen molar-refractivity contribution in [2.75, 3.05) is 31.1 Å². The highest BCUT2D eigenvalue weighted by molar-refractivity contribution is 5.98. The van der Waals surface area contributed by atoms with Gasteiger partial charge >= 0.3 is 6.01 Å². The number of phenols is 1. The summed E-state index contributed by atoms with van der Waals surface area (Å²) in [4.78, 5) is 14.6. The van der Waals surface area contributed by atoms with E-state index in [1.54, 1.807) is 18.2 Å². The van der Waals surface area contributed by atoms with E-state index in [-0.39, 0.29) is 17.1 Å². The normalized spacial score (nSPS) is 30.2. The van der Waals surface area contributed by atoms with E-state index in [1.165, 1.54) is 24.5 Å². The Morgan fingerprint density at radius 2 is 1.98 bits per heavy atom. The molecule has 0 amide bonds. The molecule has 2 N–H and O–H groups in total. The highest BCUT2D eigenvalue weighted by Gasteiger charge is 2.49. The second-order valence-corrected chi connectivity index (χ2v) is 13.6. The van der Waals surface area contributed by atoms with Gasteiger partial charge in [0.15, 0.2) is 0 Å². The van der Waals surface area contributed by atoms with Crippen LogP contribution in [0, 0.1) is 5.82 Å². The molecular weight excluding hydrogens is 548 g/mol. The molecule has 0 aliphatic carbocycles. The Morgan fingerprint density at radius 1 is 1.14 bits per heavy atom. The van der Waals surface area contributed by atoms with Crippen LogP contribution in [0.15, 0.2) is 24.3 Å². The molecule has 4 fully saturated rings. The van der Waals surface area contributed by atoms with Crippen molar-refractivity contribution in [2.45, 2.75) is 101 Å². The molecule has 5 aliphatic rings. The fourth-order valence-electron chi connectivity index (χ4n) is 9.04. The summed E-state index contributed by atoms with van der Waals surface area (Å²) in [6.07, 6.45) is 7.63.